The maximum Gasteiger partial charge on any atom is 0.307 e. The van der Waals surface area contributed by atoms with Crippen molar-refractivity contribution in [3.8, 4) is 23.1 Å². The molecule has 1 saturated carbocycles. The molecule has 1 N–H and O–H groups in total. The highest BCUT2D eigenvalue weighted by atomic mass is 32.2. The first kappa shape index (κ1) is 28.6. The number of hydrogen-bond donors (Lipinski definition) is 1. The Balaban J connectivity index is 1.15. The summed E-state index contributed by atoms with van der Waals surface area (Å²) >= 11 is 1.57. The van der Waals surface area contributed by atoms with Gasteiger partial charge in [-0.2, -0.15) is 5.26 Å². The fraction of sp³-hybridized carbons (Fsp3) is 0.452. The first-order chi connectivity index (χ1) is 20.2. The first-order valence-electron chi connectivity index (χ1n) is 14.3. The Morgan fingerprint density at radius 3 is 2.57 bits per heavy atom. The molecule has 1 unspecified atom stereocenters. The van der Waals surface area contributed by atoms with E-state index in [9.17, 15) is 23.6 Å². The van der Waals surface area contributed by atoms with Crippen LogP contribution in [0.4, 0.5) is 5.13 Å². The Morgan fingerprint density at radius 2 is 1.88 bits per heavy atom. The lowest BCUT2D eigenvalue weighted by atomic mass is 9.85. The molecule has 3 heterocycles. The number of aryl methyl sites for hydroxylation is 1. The van der Waals surface area contributed by atoms with E-state index in [-0.39, 0.29) is 35.9 Å². The van der Waals surface area contributed by atoms with Crippen molar-refractivity contribution in [2.45, 2.75) is 32.9 Å². The summed E-state index contributed by atoms with van der Waals surface area (Å²) in [5.74, 6) is 0.461. The molecule has 1 aromatic heterocycles. The normalized spacial score (nSPS) is 23.4. The van der Waals surface area contributed by atoms with Crippen LogP contribution in [0.25, 0.3) is 11.3 Å². The summed E-state index contributed by atoms with van der Waals surface area (Å²) in [5.41, 5.74) is 5.09. The van der Waals surface area contributed by atoms with Crippen LogP contribution >= 0.6 is 11.3 Å². The number of anilines is 1. The zero-order valence-electron chi connectivity index (χ0n) is 23.5. The number of nitriles is 1. The molecule has 0 spiro atoms. The average molecular weight is 607 g/mol. The molecule has 3 atom stereocenters. The summed E-state index contributed by atoms with van der Waals surface area (Å²) in [6, 6.07) is 14.0. The van der Waals surface area contributed by atoms with Crippen LogP contribution in [0.1, 0.15) is 35.1 Å². The number of carboxylic acid groups (broad SMARTS) is 1. The molecule has 11 heteroatoms. The molecule has 3 fully saturated rings. The molecule has 2 aromatic carbocycles. The van der Waals surface area contributed by atoms with Crippen molar-refractivity contribution in [1.82, 2.24) is 9.88 Å². The van der Waals surface area contributed by atoms with E-state index >= 15 is 0 Å². The summed E-state index contributed by atoms with van der Waals surface area (Å²) in [7, 11) is -2.94. The van der Waals surface area contributed by atoms with Gasteiger partial charge in [-0.25, -0.2) is 13.4 Å². The minimum absolute atomic E-state index is 0.170. The van der Waals surface area contributed by atoms with Gasteiger partial charge >= 0.3 is 5.97 Å². The lowest BCUT2D eigenvalue weighted by molar-refractivity contribution is -0.144. The van der Waals surface area contributed by atoms with Crippen LogP contribution in [0, 0.1) is 36.0 Å². The molecule has 2 saturated heterocycles. The van der Waals surface area contributed by atoms with Crippen molar-refractivity contribution in [2.24, 2.45) is 17.8 Å². The summed E-state index contributed by atoms with van der Waals surface area (Å²) in [5, 5.41) is 22.5. The number of carbonyl (C=O) groups is 1. The molecule has 3 aromatic rings. The number of thiazole rings is 1. The van der Waals surface area contributed by atoms with Crippen molar-refractivity contribution >= 4 is 32.3 Å². The van der Waals surface area contributed by atoms with E-state index in [0.29, 0.717) is 30.9 Å². The van der Waals surface area contributed by atoms with Crippen LogP contribution < -0.4 is 9.64 Å². The van der Waals surface area contributed by atoms with Gasteiger partial charge in [-0.3, -0.25) is 9.69 Å². The highest BCUT2D eigenvalue weighted by Gasteiger charge is 2.46. The molecule has 42 heavy (non-hydrogen) atoms. The Hall–Kier alpha value is -3.46. The third-order valence-electron chi connectivity index (χ3n) is 8.81. The second kappa shape index (κ2) is 11.7. The lowest BCUT2D eigenvalue weighted by Crippen LogP contribution is -2.44. The minimum atomic E-state index is -2.94. The third-order valence-corrected chi connectivity index (χ3v) is 11.3. The van der Waals surface area contributed by atoms with Crippen molar-refractivity contribution in [3.63, 3.8) is 0 Å². The van der Waals surface area contributed by atoms with Gasteiger partial charge in [-0.15, -0.1) is 11.3 Å². The van der Waals surface area contributed by atoms with Crippen LogP contribution in [-0.4, -0.2) is 67.1 Å². The van der Waals surface area contributed by atoms with E-state index in [1.165, 1.54) is 0 Å². The van der Waals surface area contributed by atoms with Crippen molar-refractivity contribution in [3.05, 3.63) is 64.0 Å². The lowest BCUT2D eigenvalue weighted by Gasteiger charge is -2.35. The monoisotopic (exact) mass is 606 g/mol. The Bertz CT molecular complexity index is 1620. The van der Waals surface area contributed by atoms with Gasteiger partial charge in [0, 0.05) is 49.2 Å². The van der Waals surface area contributed by atoms with Gasteiger partial charge in [0.2, 0.25) is 0 Å². The van der Waals surface area contributed by atoms with Crippen LogP contribution in [0.3, 0.4) is 0 Å². The second-order valence-electron chi connectivity index (χ2n) is 11.7. The fourth-order valence-corrected chi connectivity index (χ4v) is 8.68. The molecule has 220 valence electrons. The second-order valence-corrected chi connectivity index (χ2v) is 14.8. The molecule has 2 aliphatic heterocycles. The third kappa shape index (κ3) is 6.02. The molecule has 3 aliphatic rings. The molecule has 1 aliphatic carbocycles. The standard InChI is InChI=1S/C31H34N4O5S2/c1-20-2-7-28(40-18-24-4-3-21(13-25(24)14-32)15-34-8-10-42(38,39)11-9-34)26(12-20)27-19-41-31(33-27)35-16-22-5-6-23(17-35)29(22)30(36)37/h2-4,7,12-13,19,22-23,29H,5-6,8-11,15-18H2,1H3,(H,36,37)/t22-,23+,29?. The summed E-state index contributed by atoms with van der Waals surface area (Å²) in [6.45, 7) is 5.32. The number of nitrogens with zero attached hydrogens (tertiary/aromatic N) is 4. The van der Waals surface area contributed by atoms with E-state index in [4.69, 9.17) is 9.72 Å². The number of aliphatic carboxylic acids is 1. The van der Waals surface area contributed by atoms with E-state index < -0.39 is 15.8 Å². The minimum Gasteiger partial charge on any atom is -0.488 e. The van der Waals surface area contributed by atoms with Gasteiger partial charge in [0.15, 0.2) is 15.0 Å². The maximum absolute atomic E-state index is 11.8. The van der Waals surface area contributed by atoms with Crippen LogP contribution in [0.15, 0.2) is 41.8 Å². The van der Waals surface area contributed by atoms with Crippen LogP contribution in [0.5, 0.6) is 5.75 Å². The molecule has 0 radical (unpaired) electrons. The highest BCUT2D eigenvalue weighted by Crippen LogP contribution is 2.44. The number of ether oxygens (including phenoxy) is 1. The predicted octanol–water partition coefficient (Wildman–Crippen LogP) is 4.35. The number of benzene rings is 2. The number of carboxylic acids is 1. The Kier molecular flexibility index (Phi) is 7.96. The number of fused-ring (bicyclic) bond motifs is 2. The first-order valence-corrected chi connectivity index (χ1v) is 17.0. The van der Waals surface area contributed by atoms with Gasteiger partial charge < -0.3 is 14.7 Å². The molecule has 6 rings (SSSR count). The molecule has 0 amide bonds. The van der Waals surface area contributed by atoms with Gasteiger partial charge in [-0.1, -0.05) is 23.8 Å². The maximum atomic E-state index is 11.8. The smallest absolute Gasteiger partial charge is 0.307 e. The van der Waals surface area contributed by atoms with Gasteiger partial charge in [0.05, 0.1) is 34.8 Å². The highest BCUT2D eigenvalue weighted by molar-refractivity contribution is 7.91. The summed E-state index contributed by atoms with van der Waals surface area (Å²) in [6.07, 6.45) is 1.92. The van der Waals surface area contributed by atoms with Gasteiger partial charge in [0.1, 0.15) is 12.4 Å². The van der Waals surface area contributed by atoms with Crippen LogP contribution in [-0.2, 0) is 27.8 Å². The number of hydrogen-bond acceptors (Lipinski definition) is 9. The topological polar surface area (TPSA) is 124 Å². The number of sulfone groups is 1. The van der Waals surface area contributed by atoms with Gasteiger partial charge in [0.25, 0.3) is 0 Å². The summed E-state index contributed by atoms with van der Waals surface area (Å²) < 4.78 is 29.8. The van der Waals surface area contributed by atoms with E-state index in [1.54, 1.807) is 11.3 Å². The SMILES string of the molecule is Cc1ccc(OCc2ccc(CN3CCS(=O)(=O)CC3)cc2C#N)c(-c2csc(N3C[C@H]4CC[C@@H](C3)C4C(=O)O)n2)c1. The fourth-order valence-electron chi connectivity index (χ4n) is 6.56. The van der Waals surface area contributed by atoms with Crippen molar-refractivity contribution < 1.29 is 23.1 Å². The van der Waals surface area contributed by atoms with E-state index in [2.05, 4.69) is 21.9 Å². The molecular formula is C31H34N4O5S2. The quantitative estimate of drug-likeness (QED) is 0.399. The predicted molar refractivity (Wildman–Crippen MR) is 161 cm³/mol. The number of piperidine rings is 1. The largest absolute Gasteiger partial charge is 0.488 e. The van der Waals surface area contributed by atoms with E-state index in [0.717, 1.165) is 59.0 Å². The van der Waals surface area contributed by atoms with Crippen LogP contribution in [0.2, 0.25) is 0 Å². The van der Waals surface area contributed by atoms with Crippen molar-refractivity contribution in [1.29, 1.82) is 5.26 Å². The zero-order valence-corrected chi connectivity index (χ0v) is 25.2. The number of rotatable bonds is 8. The Morgan fingerprint density at radius 1 is 1.14 bits per heavy atom. The molecule has 2 bridgehead atoms. The van der Waals surface area contributed by atoms with Crippen molar-refractivity contribution in [2.75, 3.05) is 42.6 Å². The summed E-state index contributed by atoms with van der Waals surface area (Å²) in [4.78, 5) is 21.1. The molecule has 9 nitrogen and oxygen atoms in total. The Labute approximate surface area is 250 Å². The van der Waals surface area contributed by atoms with Gasteiger partial charge in [-0.05, 0) is 55.4 Å². The number of aromatic nitrogens is 1. The zero-order chi connectivity index (χ0) is 29.4. The molecular weight excluding hydrogens is 572 g/mol. The van der Waals surface area contributed by atoms with E-state index in [1.807, 2.05) is 42.6 Å². The average Bonchev–Trinajstić information content (AvgIpc) is 3.56.